The Morgan fingerprint density at radius 3 is 2.94 bits per heavy atom. The third-order valence-corrected chi connectivity index (χ3v) is 2.36. The van der Waals surface area contributed by atoms with E-state index in [1.165, 1.54) is 12.1 Å². The molecule has 2 heterocycles. The third-order valence-electron chi connectivity index (χ3n) is 2.36. The maximum atomic E-state index is 12.8. The molecule has 0 fully saturated rings. The Bertz CT molecular complexity index is 536. The second kappa shape index (κ2) is 4.78. The summed E-state index contributed by atoms with van der Waals surface area (Å²) in [5, 5.41) is 2.55. The van der Waals surface area contributed by atoms with Crippen LogP contribution in [0.25, 0.3) is 0 Å². The molecule has 0 aromatic carbocycles. The Kier molecular flexibility index (Phi) is 3.18. The molecular formula is C12H12FN3O. The van der Waals surface area contributed by atoms with Crippen LogP contribution >= 0.6 is 0 Å². The first-order chi connectivity index (χ1) is 8.20. The van der Waals surface area contributed by atoms with Gasteiger partial charge in [0.05, 0.1) is 0 Å². The van der Waals surface area contributed by atoms with Gasteiger partial charge in [0.1, 0.15) is 11.5 Å². The molecule has 2 rings (SSSR count). The molecule has 4 nitrogen and oxygen atoms in total. The minimum Gasteiger partial charge on any atom is -0.344 e. The Morgan fingerprint density at radius 1 is 1.41 bits per heavy atom. The summed E-state index contributed by atoms with van der Waals surface area (Å²) in [5.74, 6) is -0.706. The molecule has 5 heteroatoms. The number of rotatable bonds is 3. The van der Waals surface area contributed by atoms with E-state index in [0.29, 0.717) is 12.2 Å². The lowest BCUT2D eigenvalue weighted by molar-refractivity contribution is 0.101. The number of nitrogens with one attached hydrogen (secondary N) is 1. The van der Waals surface area contributed by atoms with E-state index in [9.17, 15) is 9.18 Å². The molecule has 0 aliphatic heterocycles. The molecule has 0 saturated heterocycles. The van der Waals surface area contributed by atoms with Gasteiger partial charge in [-0.3, -0.25) is 4.79 Å². The summed E-state index contributed by atoms with van der Waals surface area (Å²) >= 11 is 0. The number of hydrogen-bond donors (Lipinski definition) is 1. The number of halogens is 1. The fourth-order valence-electron chi connectivity index (χ4n) is 1.55. The molecule has 0 aliphatic carbocycles. The molecule has 2 aromatic heterocycles. The predicted molar refractivity (Wildman–Crippen MR) is 62.3 cm³/mol. The van der Waals surface area contributed by atoms with Gasteiger partial charge in [-0.15, -0.1) is 0 Å². The Morgan fingerprint density at radius 2 is 2.24 bits per heavy atom. The Hall–Kier alpha value is -2.17. The van der Waals surface area contributed by atoms with E-state index in [1.54, 1.807) is 22.8 Å². The first kappa shape index (κ1) is 11.3. The van der Waals surface area contributed by atoms with Gasteiger partial charge < -0.3 is 9.88 Å². The molecule has 0 atom stereocenters. The molecule has 0 spiro atoms. The molecule has 0 aliphatic rings. The van der Waals surface area contributed by atoms with Crippen LogP contribution in [0.2, 0.25) is 0 Å². The number of aromatic nitrogens is 2. The van der Waals surface area contributed by atoms with Gasteiger partial charge in [-0.2, -0.15) is 4.39 Å². The number of carbonyl (C=O) groups is 1. The second-order valence-corrected chi connectivity index (χ2v) is 3.48. The summed E-state index contributed by atoms with van der Waals surface area (Å²) in [5.41, 5.74) is 0.526. The smallest absolute Gasteiger partial charge is 0.273 e. The molecular weight excluding hydrogens is 221 g/mol. The van der Waals surface area contributed by atoms with E-state index in [2.05, 4.69) is 10.3 Å². The number of anilines is 1. The molecule has 0 radical (unpaired) electrons. The lowest BCUT2D eigenvalue weighted by atomic mass is 10.4. The number of aryl methyl sites for hydroxylation is 1. The lowest BCUT2D eigenvalue weighted by Gasteiger charge is -2.06. The lowest BCUT2D eigenvalue weighted by Crippen LogP contribution is -2.17. The predicted octanol–water partition coefficient (Wildman–Crippen LogP) is 2.29. The summed E-state index contributed by atoms with van der Waals surface area (Å²) in [6, 6.07) is 7.76. The average Bonchev–Trinajstić information content (AvgIpc) is 2.77. The zero-order valence-corrected chi connectivity index (χ0v) is 9.35. The molecule has 88 valence electrons. The van der Waals surface area contributed by atoms with Crippen LogP contribution in [0.5, 0.6) is 0 Å². The summed E-state index contributed by atoms with van der Waals surface area (Å²) in [7, 11) is 0. The fourth-order valence-corrected chi connectivity index (χ4v) is 1.55. The van der Waals surface area contributed by atoms with Crippen LogP contribution in [0.15, 0.2) is 36.5 Å². The van der Waals surface area contributed by atoms with Crippen molar-refractivity contribution in [2.24, 2.45) is 0 Å². The van der Waals surface area contributed by atoms with Crippen molar-refractivity contribution in [1.82, 2.24) is 9.55 Å². The van der Waals surface area contributed by atoms with Crippen LogP contribution in [0.1, 0.15) is 17.4 Å². The highest BCUT2D eigenvalue weighted by Crippen LogP contribution is 2.08. The highest BCUT2D eigenvalue weighted by molar-refractivity contribution is 6.02. The van der Waals surface area contributed by atoms with Crippen molar-refractivity contribution < 1.29 is 9.18 Å². The monoisotopic (exact) mass is 233 g/mol. The fraction of sp³-hybridized carbons (Fsp3) is 0.167. The summed E-state index contributed by atoms with van der Waals surface area (Å²) in [6.45, 7) is 2.64. The first-order valence-electron chi connectivity index (χ1n) is 5.29. The van der Waals surface area contributed by atoms with Crippen molar-refractivity contribution >= 4 is 11.7 Å². The highest BCUT2D eigenvalue weighted by Gasteiger charge is 2.10. The Balaban J connectivity index is 2.17. The van der Waals surface area contributed by atoms with Gasteiger partial charge >= 0.3 is 0 Å². The van der Waals surface area contributed by atoms with Crippen LogP contribution in [0.4, 0.5) is 10.2 Å². The molecule has 2 aromatic rings. The van der Waals surface area contributed by atoms with Gasteiger partial charge in [0.2, 0.25) is 5.95 Å². The van der Waals surface area contributed by atoms with Crippen LogP contribution < -0.4 is 5.32 Å². The van der Waals surface area contributed by atoms with Gasteiger partial charge in [0, 0.05) is 12.7 Å². The van der Waals surface area contributed by atoms with Crippen LogP contribution in [0.3, 0.4) is 0 Å². The van der Waals surface area contributed by atoms with Crippen molar-refractivity contribution in [3.8, 4) is 0 Å². The Labute approximate surface area is 98.1 Å². The summed E-state index contributed by atoms with van der Waals surface area (Å²) in [4.78, 5) is 15.4. The van der Waals surface area contributed by atoms with E-state index >= 15 is 0 Å². The molecule has 1 amide bonds. The third kappa shape index (κ3) is 2.50. The van der Waals surface area contributed by atoms with E-state index in [-0.39, 0.29) is 11.7 Å². The molecule has 0 bridgehead atoms. The molecule has 17 heavy (non-hydrogen) atoms. The number of pyridine rings is 1. The SMILES string of the molecule is CCn1cccc1C(=O)Nc1cccc(F)n1. The van der Waals surface area contributed by atoms with Gasteiger partial charge in [0.15, 0.2) is 0 Å². The van der Waals surface area contributed by atoms with Crippen molar-refractivity contribution in [3.63, 3.8) is 0 Å². The first-order valence-corrected chi connectivity index (χ1v) is 5.29. The van der Waals surface area contributed by atoms with Gasteiger partial charge in [-0.05, 0) is 31.2 Å². The van der Waals surface area contributed by atoms with Crippen molar-refractivity contribution in [2.45, 2.75) is 13.5 Å². The minimum atomic E-state index is -0.617. The number of amides is 1. The van der Waals surface area contributed by atoms with Crippen LogP contribution in [-0.4, -0.2) is 15.5 Å². The van der Waals surface area contributed by atoms with E-state index in [1.807, 2.05) is 13.1 Å². The zero-order chi connectivity index (χ0) is 12.3. The largest absolute Gasteiger partial charge is 0.344 e. The molecule has 1 N–H and O–H groups in total. The normalized spacial score (nSPS) is 10.2. The van der Waals surface area contributed by atoms with Gasteiger partial charge in [0.25, 0.3) is 5.91 Å². The standard InChI is InChI=1S/C12H12FN3O/c1-2-16-8-4-5-9(16)12(17)15-11-7-3-6-10(13)14-11/h3-8H,2H2,1H3,(H,14,15,17). The zero-order valence-electron chi connectivity index (χ0n) is 9.35. The van der Waals surface area contributed by atoms with Gasteiger partial charge in [-0.1, -0.05) is 6.07 Å². The number of hydrogen-bond acceptors (Lipinski definition) is 2. The van der Waals surface area contributed by atoms with Crippen LogP contribution in [-0.2, 0) is 6.54 Å². The number of nitrogens with zero attached hydrogens (tertiary/aromatic N) is 2. The van der Waals surface area contributed by atoms with Crippen molar-refractivity contribution in [3.05, 3.63) is 48.2 Å². The second-order valence-electron chi connectivity index (χ2n) is 3.48. The van der Waals surface area contributed by atoms with E-state index in [4.69, 9.17) is 0 Å². The molecule has 0 saturated carbocycles. The van der Waals surface area contributed by atoms with Crippen LogP contribution in [0, 0.1) is 5.95 Å². The van der Waals surface area contributed by atoms with E-state index in [0.717, 1.165) is 0 Å². The average molecular weight is 233 g/mol. The number of carbonyl (C=O) groups excluding carboxylic acids is 1. The summed E-state index contributed by atoms with van der Waals surface area (Å²) < 4.78 is 14.6. The quantitative estimate of drug-likeness (QED) is 0.827. The van der Waals surface area contributed by atoms with Crippen molar-refractivity contribution in [1.29, 1.82) is 0 Å². The maximum Gasteiger partial charge on any atom is 0.273 e. The summed E-state index contributed by atoms with van der Waals surface area (Å²) in [6.07, 6.45) is 1.81. The highest BCUT2D eigenvalue weighted by atomic mass is 19.1. The molecule has 0 unspecified atom stereocenters. The van der Waals surface area contributed by atoms with Crippen molar-refractivity contribution in [2.75, 3.05) is 5.32 Å². The minimum absolute atomic E-state index is 0.207. The topological polar surface area (TPSA) is 46.9 Å². The maximum absolute atomic E-state index is 12.8. The van der Waals surface area contributed by atoms with Gasteiger partial charge in [-0.25, -0.2) is 4.98 Å². The van der Waals surface area contributed by atoms with E-state index < -0.39 is 5.95 Å².